The van der Waals surface area contributed by atoms with Crippen LogP contribution in [0.1, 0.15) is 10.4 Å². The van der Waals surface area contributed by atoms with Crippen LogP contribution in [-0.2, 0) is 0 Å². The molecule has 9 heteroatoms. The molecule has 0 aliphatic carbocycles. The molecular weight excluding hydrogens is 363 g/mol. The fourth-order valence-electron chi connectivity index (χ4n) is 2.06. The number of hydrogen-bond acceptors (Lipinski definition) is 5. The lowest BCUT2D eigenvalue weighted by Crippen LogP contribution is -2.17. The summed E-state index contributed by atoms with van der Waals surface area (Å²) >= 11 is 0. The summed E-state index contributed by atoms with van der Waals surface area (Å²) in [5, 5.41) is 2.63. The molecule has 1 aromatic heterocycles. The van der Waals surface area contributed by atoms with Crippen LogP contribution in [0.15, 0.2) is 67.0 Å². The average Bonchev–Trinajstić information content (AvgIpc) is 2.63. The van der Waals surface area contributed by atoms with Crippen LogP contribution in [0.25, 0.3) is 0 Å². The monoisotopic (exact) mass is 375 g/mol. The Bertz CT molecular complexity index is 899. The highest BCUT2D eigenvalue weighted by atomic mass is 19.4. The van der Waals surface area contributed by atoms with Crippen LogP contribution in [0.5, 0.6) is 17.5 Å². The van der Waals surface area contributed by atoms with Gasteiger partial charge in [-0.3, -0.25) is 4.79 Å². The molecule has 0 unspecified atom stereocenters. The summed E-state index contributed by atoms with van der Waals surface area (Å²) in [7, 11) is 0. The van der Waals surface area contributed by atoms with Gasteiger partial charge in [0.25, 0.3) is 5.91 Å². The Morgan fingerprint density at radius 3 is 2.07 bits per heavy atom. The molecule has 1 amide bonds. The fourth-order valence-corrected chi connectivity index (χ4v) is 2.06. The van der Waals surface area contributed by atoms with Gasteiger partial charge in [-0.05, 0) is 54.6 Å². The molecule has 0 radical (unpaired) electrons. The van der Waals surface area contributed by atoms with E-state index in [1.54, 1.807) is 42.7 Å². The van der Waals surface area contributed by atoms with Crippen LogP contribution in [0, 0.1) is 0 Å². The van der Waals surface area contributed by atoms with Crippen LogP contribution in [0.3, 0.4) is 0 Å². The number of nitrogens with zero attached hydrogens (tertiary/aromatic N) is 2. The Kier molecular flexibility index (Phi) is 5.20. The van der Waals surface area contributed by atoms with Crippen molar-refractivity contribution in [2.75, 3.05) is 5.32 Å². The number of ether oxygens (including phenoxy) is 2. The van der Waals surface area contributed by atoms with Gasteiger partial charge in [0.05, 0.1) is 0 Å². The number of anilines is 1. The first-order valence-corrected chi connectivity index (χ1v) is 7.61. The molecule has 2 aromatic carbocycles. The SMILES string of the molecule is O=C(Nc1ccc(Oc2ncccn2)cc1)c1ccc(OC(F)(F)F)cc1. The number of rotatable bonds is 5. The molecule has 27 heavy (non-hydrogen) atoms. The van der Waals surface area contributed by atoms with Crippen molar-refractivity contribution in [2.45, 2.75) is 6.36 Å². The molecule has 3 rings (SSSR count). The first-order valence-electron chi connectivity index (χ1n) is 7.61. The molecule has 0 spiro atoms. The average molecular weight is 375 g/mol. The number of carbonyl (C=O) groups is 1. The number of halogens is 3. The summed E-state index contributed by atoms with van der Waals surface area (Å²) in [6.45, 7) is 0. The molecule has 0 atom stereocenters. The van der Waals surface area contributed by atoms with Gasteiger partial charge in [0.15, 0.2) is 0 Å². The minimum absolute atomic E-state index is 0.183. The maximum atomic E-state index is 12.2. The Balaban J connectivity index is 1.60. The number of alkyl halides is 3. The highest BCUT2D eigenvalue weighted by Crippen LogP contribution is 2.23. The highest BCUT2D eigenvalue weighted by Gasteiger charge is 2.31. The standard InChI is InChI=1S/C18H12F3N3O3/c19-18(20,21)27-15-6-2-12(3-7-15)16(25)24-13-4-8-14(9-5-13)26-17-22-10-1-11-23-17/h1-11H,(H,24,25). The van der Waals surface area contributed by atoms with E-state index in [1.807, 2.05) is 0 Å². The van der Waals surface area contributed by atoms with Gasteiger partial charge in [0, 0.05) is 23.6 Å². The number of carbonyl (C=O) groups excluding carboxylic acids is 1. The predicted molar refractivity (Wildman–Crippen MR) is 89.6 cm³/mol. The Labute approximate surface area is 151 Å². The molecule has 1 heterocycles. The largest absolute Gasteiger partial charge is 0.573 e. The van der Waals surface area contributed by atoms with E-state index in [-0.39, 0.29) is 11.6 Å². The Hall–Kier alpha value is -3.62. The van der Waals surface area contributed by atoms with E-state index in [0.717, 1.165) is 12.1 Å². The maximum Gasteiger partial charge on any atom is 0.573 e. The molecule has 0 bridgehead atoms. The highest BCUT2D eigenvalue weighted by molar-refractivity contribution is 6.04. The maximum absolute atomic E-state index is 12.2. The van der Waals surface area contributed by atoms with Crippen LogP contribution < -0.4 is 14.8 Å². The molecule has 0 aliphatic rings. The summed E-state index contributed by atoms with van der Waals surface area (Å²) in [6, 6.07) is 12.9. The van der Waals surface area contributed by atoms with Gasteiger partial charge in [-0.25, -0.2) is 9.97 Å². The molecule has 6 nitrogen and oxygen atoms in total. The van der Waals surface area contributed by atoms with E-state index >= 15 is 0 Å². The molecule has 138 valence electrons. The van der Waals surface area contributed by atoms with E-state index in [1.165, 1.54) is 12.1 Å². The van der Waals surface area contributed by atoms with Gasteiger partial charge in [0.2, 0.25) is 0 Å². The molecule has 3 aromatic rings. The van der Waals surface area contributed by atoms with E-state index < -0.39 is 18.0 Å². The lowest BCUT2D eigenvalue weighted by molar-refractivity contribution is -0.274. The van der Waals surface area contributed by atoms with E-state index in [2.05, 4.69) is 20.0 Å². The minimum atomic E-state index is -4.78. The van der Waals surface area contributed by atoms with Gasteiger partial charge >= 0.3 is 12.4 Å². The first-order chi connectivity index (χ1) is 12.9. The Morgan fingerprint density at radius 2 is 1.48 bits per heavy atom. The second-order valence-corrected chi connectivity index (χ2v) is 5.18. The fraction of sp³-hybridized carbons (Fsp3) is 0.0556. The normalized spacial score (nSPS) is 10.9. The van der Waals surface area contributed by atoms with Crippen LogP contribution in [0.4, 0.5) is 18.9 Å². The van der Waals surface area contributed by atoms with Crippen molar-refractivity contribution in [2.24, 2.45) is 0 Å². The van der Waals surface area contributed by atoms with Crippen molar-refractivity contribution >= 4 is 11.6 Å². The molecule has 0 saturated heterocycles. The second-order valence-electron chi connectivity index (χ2n) is 5.18. The van der Waals surface area contributed by atoms with E-state index in [4.69, 9.17) is 4.74 Å². The summed E-state index contributed by atoms with van der Waals surface area (Å²) in [4.78, 5) is 20.0. The van der Waals surface area contributed by atoms with Crippen LogP contribution in [0.2, 0.25) is 0 Å². The van der Waals surface area contributed by atoms with Crippen molar-refractivity contribution < 1.29 is 27.4 Å². The topological polar surface area (TPSA) is 73.3 Å². The molecule has 0 fully saturated rings. The van der Waals surface area contributed by atoms with Crippen molar-refractivity contribution in [3.63, 3.8) is 0 Å². The number of nitrogens with one attached hydrogen (secondary N) is 1. The third-order valence-electron chi connectivity index (χ3n) is 3.21. The number of aromatic nitrogens is 2. The van der Waals surface area contributed by atoms with Gasteiger partial charge in [-0.15, -0.1) is 13.2 Å². The van der Waals surface area contributed by atoms with Crippen molar-refractivity contribution in [3.05, 3.63) is 72.6 Å². The third kappa shape index (κ3) is 5.43. The zero-order chi connectivity index (χ0) is 19.3. The molecule has 1 N–H and O–H groups in total. The van der Waals surface area contributed by atoms with Gasteiger partial charge in [-0.1, -0.05) is 0 Å². The smallest absolute Gasteiger partial charge is 0.424 e. The number of benzene rings is 2. The summed E-state index contributed by atoms with van der Waals surface area (Å²) in [5.41, 5.74) is 0.666. The lowest BCUT2D eigenvalue weighted by Gasteiger charge is -2.10. The zero-order valence-corrected chi connectivity index (χ0v) is 13.6. The van der Waals surface area contributed by atoms with E-state index in [0.29, 0.717) is 11.4 Å². The zero-order valence-electron chi connectivity index (χ0n) is 13.6. The molecule has 0 saturated carbocycles. The van der Waals surface area contributed by atoms with Crippen LogP contribution in [-0.4, -0.2) is 22.2 Å². The summed E-state index contributed by atoms with van der Waals surface area (Å²) < 4.78 is 45.6. The van der Waals surface area contributed by atoms with Crippen molar-refractivity contribution in [1.29, 1.82) is 0 Å². The van der Waals surface area contributed by atoms with Gasteiger partial charge in [0.1, 0.15) is 11.5 Å². The second kappa shape index (κ2) is 7.73. The summed E-state index contributed by atoms with van der Waals surface area (Å²) in [6.07, 6.45) is -1.69. The third-order valence-corrected chi connectivity index (χ3v) is 3.21. The molecule has 0 aliphatic heterocycles. The van der Waals surface area contributed by atoms with Gasteiger partial charge < -0.3 is 14.8 Å². The first kappa shape index (κ1) is 18.2. The lowest BCUT2D eigenvalue weighted by atomic mass is 10.2. The quantitative estimate of drug-likeness (QED) is 0.715. The predicted octanol–water partition coefficient (Wildman–Crippen LogP) is 4.42. The van der Waals surface area contributed by atoms with Crippen LogP contribution >= 0.6 is 0 Å². The molecular formula is C18H12F3N3O3. The van der Waals surface area contributed by atoms with Crippen molar-refractivity contribution in [1.82, 2.24) is 9.97 Å². The Morgan fingerprint density at radius 1 is 0.889 bits per heavy atom. The number of amides is 1. The van der Waals surface area contributed by atoms with E-state index in [9.17, 15) is 18.0 Å². The van der Waals surface area contributed by atoms with Gasteiger partial charge in [-0.2, -0.15) is 0 Å². The summed E-state index contributed by atoms with van der Waals surface area (Å²) in [5.74, 6) is -0.398. The van der Waals surface area contributed by atoms with Crippen molar-refractivity contribution in [3.8, 4) is 17.5 Å². The number of hydrogen-bond donors (Lipinski definition) is 1. The minimum Gasteiger partial charge on any atom is -0.424 e.